The van der Waals surface area contributed by atoms with Crippen LogP contribution in [0.5, 0.6) is 0 Å². The van der Waals surface area contributed by atoms with Crippen molar-refractivity contribution in [3.63, 3.8) is 0 Å². The van der Waals surface area contributed by atoms with E-state index in [1.54, 1.807) is 36.3 Å². The summed E-state index contributed by atoms with van der Waals surface area (Å²) in [6.45, 7) is 5.94. The molecule has 0 fully saturated rings. The quantitative estimate of drug-likeness (QED) is 0.619. The first-order valence-corrected chi connectivity index (χ1v) is 9.31. The minimum Gasteiger partial charge on any atom is -0.465 e. The van der Waals surface area contributed by atoms with E-state index >= 15 is 0 Å². The molecule has 6 nitrogen and oxygen atoms in total. The van der Waals surface area contributed by atoms with Gasteiger partial charge >= 0.3 is 5.97 Å². The molecule has 0 saturated carbocycles. The standard InChI is InChI=1S/C20H22N2O4S/c1-12-14(3)27-19(22-8-6-7-9-22)17(12)18(23)21(4)11-15-10-16(13(2)26-15)20(24)25-5/h6-10H,11H2,1-5H3. The number of carbonyl (C=O) groups excluding carboxylic acids is 2. The van der Waals surface area contributed by atoms with Crippen molar-refractivity contribution >= 4 is 23.2 Å². The number of esters is 1. The Balaban J connectivity index is 1.88. The van der Waals surface area contributed by atoms with Gasteiger partial charge in [0.05, 0.1) is 19.2 Å². The molecular weight excluding hydrogens is 364 g/mol. The number of rotatable bonds is 5. The Morgan fingerprint density at radius 1 is 1.22 bits per heavy atom. The lowest BCUT2D eigenvalue weighted by molar-refractivity contribution is 0.0598. The van der Waals surface area contributed by atoms with Gasteiger partial charge in [-0.25, -0.2) is 4.79 Å². The first-order valence-electron chi connectivity index (χ1n) is 8.50. The van der Waals surface area contributed by atoms with Gasteiger partial charge in [-0.15, -0.1) is 11.3 Å². The zero-order valence-corrected chi connectivity index (χ0v) is 16.8. The molecule has 0 aromatic carbocycles. The van der Waals surface area contributed by atoms with Crippen molar-refractivity contribution < 1.29 is 18.7 Å². The summed E-state index contributed by atoms with van der Waals surface area (Å²) in [5.41, 5.74) is 2.04. The van der Waals surface area contributed by atoms with Crippen LogP contribution < -0.4 is 0 Å². The van der Waals surface area contributed by atoms with Gasteiger partial charge in [0.2, 0.25) is 0 Å². The van der Waals surface area contributed by atoms with Gasteiger partial charge in [0.25, 0.3) is 5.91 Å². The van der Waals surface area contributed by atoms with E-state index in [1.807, 2.05) is 42.9 Å². The summed E-state index contributed by atoms with van der Waals surface area (Å²) >= 11 is 1.60. The van der Waals surface area contributed by atoms with Gasteiger partial charge in [-0.2, -0.15) is 0 Å². The molecule has 0 N–H and O–H groups in total. The van der Waals surface area contributed by atoms with E-state index in [2.05, 4.69) is 0 Å². The maximum atomic E-state index is 13.2. The molecule has 27 heavy (non-hydrogen) atoms. The summed E-state index contributed by atoms with van der Waals surface area (Å²) in [4.78, 5) is 27.6. The smallest absolute Gasteiger partial charge is 0.341 e. The third-order valence-electron chi connectivity index (χ3n) is 4.53. The summed E-state index contributed by atoms with van der Waals surface area (Å²) in [5, 5.41) is 0.901. The summed E-state index contributed by atoms with van der Waals surface area (Å²) in [6, 6.07) is 5.49. The lowest BCUT2D eigenvalue weighted by Crippen LogP contribution is -2.27. The largest absolute Gasteiger partial charge is 0.465 e. The molecule has 0 aliphatic carbocycles. The van der Waals surface area contributed by atoms with Gasteiger partial charge in [0, 0.05) is 24.3 Å². The predicted octanol–water partition coefficient (Wildman–Crippen LogP) is 4.12. The molecule has 1 amide bonds. The summed E-state index contributed by atoms with van der Waals surface area (Å²) in [7, 11) is 3.05. The van der Waals surface area contributed by atoms with Crippen molar-refractivity contribution in [2.24, 2.45) is 0 Å². The van der Waals surface area contributed by atoms with E-state index in [0.717, 1.165) is 15.4 Å². The van der Waals surface area contributed by atoms with Crippen molar-refractivity contribution in [2.75, 3.05) is 14.2 Å². The van der Waals surface area contributed by atoms with E-state index in [0.29, 0.717) is 22.6 Å². The highest BCUT2D eigenvalue weighted by Crippen LogP contribution is 2.32. The Labute approximate surface area is 162 Å². The number of thiophene rings is 1. The second kappa shape index (κ2) is 7.44. The van der Waals surface area contributed by atoms with Gasteiger partial charge in [-0.3, -0.25) is 4.79 Å². The maximum absolute atomic E-state index is 13.2. The Kier molecular flexibility index (Phi) is 5.23. The Bertz CT molecular complexity index is 982. The Hall–Kier alpha value is -2.80. The zero-order chi connectivity index (χ0) is 19.7. The number of aromatic nitrogens is 1. The fraction of sp³-hybridized carbons (Fsp3) is 0.300. The normalized spacial score (nSPS) is 10.9. The Morgan fingerprint density at radius 3 is 2.52 bits per heavy atom. The van der Waals surface area contributed by atoms with Crippen molar-refractivity contribution in [2.45, 2.75) is 27.3 Å². The fourth-order valence-corrected chi connectivity index (χ4v) is 4.06. The van der Waals surface area contributed by atoms with Crippen LogP contribution in [0.25, 0.3) is 5.00 Å². The number of ether oxygens (including phenoxy) is 1. The zero-order valence-electron chi connectivity index (χ0n) is 16.0. The van der Waals surface area contributed by atoms with Gasteiger partial charge < -0.3 is 18.6 Å². The molecule has 142 valence electrons. The van der Waals surface area contributed by atoms with Gasteiger partial charge in [-0.1, -0.05) is 0 Å². The Morgan fingerprint density at radius 2 is 1.89 bits per heavy atom. The molecule has 0 bridgehead atoms. The molecule has 0 spiro atoms. The number of amides is 1. The average Bonchev–Trinajstić information content (AvgIpc) is 3.35. The maximum Gasteiger partial charge on any atom is 0.341 e. The van der Waals surface area contributed by atoms with Crippen LogP contribution in [0.15, 0.2) is 35.0 Å². The van der Waals surface area contributed by atoms with Crippen LogP contribution in [0.2, 0.25) is 0 Å². The molecule has 0 aliphatic heterocycles. The molecule has 0 radical (unpaired) electrons. The fourth-order valence-electron chi connectivity index (χ4n) is 2.94. The number of aryl methyl sites for hydroxylation is 2. The van der Waals surface area contributed by atoms with Gasteiger partial charge in [0.15, 0.2) is 0 Å². The predicted molar refractivity (Wildman–Crippen MR) is 104 cm³/mol. The van der Waals surface area contributed by atoms with Crippen molar-refractivity contribution in [1.29, 1.82) is 0 Å². The molecule has 0 unspecified atom stereocenters. The first kappa shape index (κ1) is 19.0. The van der Waals surface area contributed by atoms with Gasteiger partial charge in [0.1, 0.15) is 22.1 Å². The third kappa shape index (κ3) is 3.55. The van der Waals surface area contributed by atoms with Crippen LogP contribution in [0, 0.1) is 20.8 Å². The number of hydrogen-bond donors (Lipinski definition) is 0. The van der Waals surface area contributed by atoms with Crippen LogP contribution in [-0.2, 0) is 11.3 Å². The van der Waals surface area contributed by atoms with Crippen LogP contribution in [-0.4, -0.2) is 35.5 Å². The topological polar surface area (TPSA) is 64.7 Å². The highest BCUT2D eigenvalue weighted by atomic mass is 32.1. The summed E-state index contributed by atoms with van der Waals surface area (Å²) in [6.07, 6.45) is 3.86. The average molecular weight is 386 g/mol. The molecular formula is C20H22N2O4S. The lowest BCUT2D eigenvalue weighted by atomic mass is 10.1. The minimum atomic E-state index is -0.448. The third-order valence-corrected chi connectivity index (χ3v) is 5.75. The van der Waals surface area contributed by atoms with Crippen LogP contribution >= 0.6 is 11.3 Å². The SMILES string of the molecule is COC(=O)c1cc(CN(C)C(=O)c2c(-n3cccc3)sc(C)c2C)oc1C. The molecule has 3 aromatic heterocycles. The number of nitrogens with zero attached hydrogens (tertiary/aromatic N) is 2. The second-order valence-corrected chi connectivity index (χ2v) is 7.59. The van der Waals surface area contributed by atoms with Crippen LogP contribution in [0.1, 0.15) is 42.7 Å². The monoisotopic (exact) mass is 386 g/mol. The van der Waals surface area contributed by atoms with Crippen LogP contribution in [0.3, 0.4) is 0 Å². The molecule has 7 heteroatoms. The molecule has 3 rings (SSSR count). The van der Waals surface area contributed by atoms with Gasteiger partial charge in [-0.05, 0) is 44.5 Å². The number of furan rings is 1. The minimum absolute atomic E-state index is 0.0887. The van der Waals surface area contributed by atoms with Crippen LogP contribution in [0.4, 0.5) is 0 Å². The highest BCUT2D eigenvalue weighted by molar-refractivity contribution is 7.15. The van der Waals surface area contributed by atoms with E-state index in [4.69, 9.17) is 9.15 Å². The molecule has 0 saturated heterocycles. The summed E-state index contributed by atoms with van der Waals surface area (Å²) < 4.78 is 12.3. The lowest BCUT2D eigenvalue weighted by Gasteiger charge is -2.17. The molecule has 3 aromatic rings. The van der Waals surface area contributed by atoms with Crippen molar-refractivity contribution in [1.82, 2.24) is 9.47 Å². The highest BCUT2D eigenvalue weighted by Gasteiger charge is 2.24. The summed E-state index contributed by atoms with van der Waals surface area (Å²) in [5.74, 6) is 0.481. The molecule has 0 atom stereocenters. The van der Waals surface area contributed by atoms with E-state index < -0.39 is 5.97 Å². The first-order chi connectivity index (χ1) is 12.8. The van der Waals surface area contributed by atoms with E-state index in [-0.39, 0.29) is 12.5 Å². The second-order valence-electron chi connectivity index (χ2n) is 6.39. The van der Waals surface area contributed by atoms with E-state index in [9.17, 15) is 9.59 Å². The van der Waals surface area contributed by atoms with Crippen molar-refractivity contribution in [3.8, 4) is 5.00 Å². The van der Waals surface area contributed by atoms with Crippen molar-refractivity contribution in [3.05, 3.63) is 63.7 Å². The number of hydrogen-bond acceptors (Lipinski definition) is 5. The van der Waals surface area contributed by atoms with E-state index in [1.165, 1.54) is 7.11 Å². The number of methoxy groups -OCH3 is 1. The molecule has 0 aliphatic rings. The number of carbonyl (C=O) groups is 2. The molecule has 3 heterocycles.